The second-order valence-electron chi connectivity index (χ2n) is 3.95. The van der Waals surface area contributed by atoms with Gasteiger partial charge in [-0.3, -0.25) is 9.59 Å². The SMILES string of the molecule is CCOCCC(=O)CC(=O)C1CC1C. The van der Waals surface area contributed by atoms with Crippen LogP contribution < -0.4 is 0 Å². The highest BCUT2D eigenvalue weighted by atomic mass is 16.5. The van der Waals surface area contributed by atoms with Gasteiger partial charge in [-0.2, -0.15) is 0 Å². The third-order valence-electron chi connectivity index (χ3n) is 2.62. The monoisotopic (exact) mass is 198 g/mol. The van der Waals surface area contributed by atoms with Gasteiger partial charge in [-0.05, 0) is 19.3 Å². The number of rotatable bonds is 7. The van der Waals surface area contributed by atoms with Crippen LogP contribution in [-0.4, -0.2) is 24.8 Å². The molecule has 3 heteroatoms. The molecule has 2 atom stereocenters. The van der Waals surface area contributed by atoms with Crippen molar-refractivity contribution in [1.29, 1.82) is 0 Å². The molecule has 1 fully saturated rings. The van der Waals surface area contributed by atoms with Crippen LogP contribution in [0.1, 0.15) is 33.1 Å². The number of Topliss-reactive ketones (excluding diaryl/α,β-unsaturated/α-hetero) is 2. The van der Waals surface area contributed by atoms with Crippen molar-refractivity contribution in [2.24, 2.45) is 11.8 Å². The van der Waals surface area contributed by atoms with E-state index in [1.165, 1.54) is 0 Å². The minimum absolute atomic E-state index is 0.0163. The molecule has 14 heavy (non-hydrogen) atoms. The third kappa shape index (κ3) is 3.58. The lowest BCUT2D eigenvalue weighted by Crippen LogP contribution is -2.12. The number of hydrogen-bond donors (Lipinski definition) is 0. The summed E-state index contributed by atoms with van der Waals surface area (Å²) in [4.78, 5) is 22.7. The standard InChI is InChI=1S/C11H18O3/c1-3-14-5-4-9(12)7-11(13)10-6-8(10)2/h8,10H,3-7H2,1-2H3. The zero-order chi connectivity index (χ0) is 10.6. The van der Waals surface area contributed by atoms with Crippen molar-refractivity contribution in [1.82, 2.24) is 0 Å². The number of hydrogen-bond acceptors (Lipinski definition) is 3. The fourth-order valence-corrected chi connectivity index (χ4v) is 1.51. The van der Waals surface area contributed by atoms with Gasteiger partial charge in [0.15, 0.2) is 0 Å². The van der Waals surface area contributed by atoms with Crippen LogP contribution in [0.4, 0.5) is 0 Å². The highest BCUT2D eigenvalue weighted by Crippen LogP contribution is 2.39. The van der Waals surface area contributed by atoms with E-state index in [9.17, 15) is 9.59 Å². The van der Waals surface area contributed by atoms with Gasteiger partial charge in [-0.25, -0.2) is 0 Å². The Balaban J connectivity index is 2.10. The van der Waals surface area contributed by atoms with Crippen LogP contribution in [0, 0.1) is 11.8 Å². The molecule has 0 saturated heterocycles. The molecule has 1 rings (SSSR count). The normalized spacial score (nSPS) is 24.7. The van der Waals surface area contributed by atoms with E-state index >= 15 is 0 Å². The summed E-state index contributed by atoms with van der Waals surface area (Å²) in [5.74, 6) is 0.815. The predicted molar refractivity (Wildman–Crippen MR) is 53.0 cm³/mol. The topological polar surface area (TPSA) is 43.4 Å². The van der Waals surface area contributed by atoms with Gasteiger partial charge in [0.1, 0.15) is 11.6 Å². The first-order valence-corrected chi connectivity index (χ1v) is 5.27. The summed E-state index contributed by atoms with van der Waals surface area (Å²) in [5, 5.41) is 0. The summed E-state index contributed by atoms with van der Waals surface area (Å²) >= 11 is 0. The smallest absolute Gasteiger partial charge is 0.143 e. The fraction of sp³-hybridized carbons (Fsp3) is 0.818. The number of ketones is 2. The summed E-state index contributed by atoms with van der Waals surface area (Å²) in [6.45, 7) is 5.01. The molecule has 3 nitrogen and oxygen atoms in total. The maximum absolute atomic E-state index is 11.4. The summed E-state index contributed by atoms with van der Waals surface area (Å²) in [7, 11) is 0. The van der Waals surface area contributed by atoms with E-state index in [2.05, 4.69) is 0 Å². The van der Waals surface area contributed by atoms with Crippen LogP contribution in [0.5, 0.6) is 0 Å². The van der Waals surface area contributed by atoms with E-state index in [4.69, 9.17) is 4.74 Å². The molecule has 80 valence electrons. The van der Waals surface area contributed by atoms with E-state index in [-0.39, 0.29) is 23.9 Å². The maximum Gasteiger partial charge on any atom is 0.143 e. The summed E-state index contributed by atoms with van der Waals surface area (Å²) < 4.78 is 5.05. The molecular formula is C11H18O3. The molecule has 0 amide bonds. The van der Waals surface area contributed by atoms with Crippen molar-refractivity contribution in [2.45, 2.75) is 33.1 Å². The molecule has 1 aliphatic rings. The van der Waals surface area contributed by atoms with Crippen LogP contribution in [-0.2, 0) is 14.3 Å². The Hall–Kier alpha value is -0.700. The lowest BCUT2D eigenvalue weighted by molar-refractivity contribution is -0.128. The molecule has 0 aromatic carbocycles. The molecule has 0 bridgehead atoms. The van der Waals surface area contributed by atoms with E-state index in [1.807, 2.05) is 13.8 Å². The average Bonchev–Trinajstić information content (AvgIpc) is 2.83. The molecule has 0 aromatic rings. The van der Waals surface area contributed by atoms with Gasteiger partial charge in [0, 0.05) is 18.9 Å². The molecule has 0 N–H and O–H groups in total. The van der Waals surface area contributed by atoms with Crippen molar-refractivity contribution < 1.29 is 14.3 Å². The molecule has 0 heterocycles. The maximum atomic E-state index is 11.4. The van der Waals surface area contributed by atoms with E-state index in [0.717, 1.165) is 6.42 Å². The first-order valence-electron chi connectivity index (χ1n) is 5.27. The number of ether oxygens (including phenoxy) is 1. The summed E-state index contributed by atoms with van der Waals surface area (Å²) in [6, 6.07) is 0. The highest BCUT2D eigenvalue weighted by Gasteiger charge is 2.38. The summed E-state index contributed by atoms with van der Waals surface area (Å²) in [5.41, 5.74) is 0. The first-order chi connectivity index (χ1) is 6.65. The Labute approximate surface area is 84.8 Å². The van der Waals surface area contributed by atoms with Crippen LogP contribution in [0.3, 0.4) is 0 Å². The van der Waals surface area contributed by atoms with Gasteiger partial charge in [0.2, 0.25) is 0 Å². The fourth-order valence-electron chi connectivity index (χ4n) is 1.51. The van der Waals surface area contributed by atoms with E-state index in [0.29, 0.717) is 25.6 Å². The lowest BCUT2D eigenvalue weighted by Gasteiger charge is -2.00. The van der Waals surface area contributed by atoms with Gasteiger partial charge < -0.3 is 4.74 Å². The Morgan fingerprint density at radius 3 is 2.57 bits per heavy atom. The molecular weight excluding hydrogens is 180 g/mol. The minimum atomic E-state index is 0.0163. The minimum Gasteiger partial charge on any atom is -0.381 e. The van der Waals surface area contributed by atoms with Crippen LogP contribution in [0.2, 0.25) is 0 Å². The van der Waals surface area contributed by atoms with Crippen molar-refractivity contribution in [3.63, 3.8) is 0 Å². The Morgan fingerprint density at radius 1 is 1.43 bits per heavy atom. The second-order valence-corrected chi connectivity index (χ2v) is 3.95. The van der Waals surface area contributed by atoms with Crippen LogP contribution >= 0.6 is 0 Å². The molecule has 0 aromatic heterocycles. The van der Waals surface area contributed by atoms with Crippen molar-refractivity contribution in [2.75, 3.05) is 13.2 Å². The largest absolute Gasteiger partial charge is 0.381 e. The van der Waals surface area contributed by atoms with Gasteiger partial charge in [-0.1, -0.05) is 6.92 Å². The molecule has 2 unspecified atom stereocenters. The molecule has 1 aliphatic carbocycles. The highest BCUT2D eigenvalue weighted by molar-refractivity contribution is 6.01. The summed E-state index contributed by atoms with van der Waals surface area (Å²) in [6.07, 6.45) is 1.46. The van der Waals surface area contributed by atoms with Crippen LogP contribution in [0.15, 0.2) is 0 Å². The van der Waals surface area contributed by atoms with Crippen molar-refractivity contribution in [3.8, 4) is 0 Å². The third-order valence-corrected chi connectivity index (χ3v) is 2.62. The second kappa shape index (κ2) is 5.25. The zero-order valence-electron chi connectivity index (χ0n) is 8.91. The molecule has 0 radical (unpaired) electrons. The van der Waals surface area contributed by atoms with Gasteiger partial charge in [0.25, 0.3) is 0 Å². The van der Waals surface area contributed by atoms with Crippen molar-refractivity contribution >= 4 is 11.6 Å². The number of carbonyl (C=O) groups is 2. The Morgan fingerprint density at radius 2 is 2.07 bits per heavy atom. The molecule has 0 aliphatic heterocycles. The zero-order valence-corrected chi connectivity index (χ0v) is 8.91. The van der Waals surface area contributed by atoms with Crippen molar-refractivity contribution in [3.05, 3.63) is 0 Å². The van der Waals surface area contributed by atoms with Crippen LogP contribution in [0.25, 0.3) is 0 Å². The Kier molecular flexibility index (Phi) is 4.26. The lowest BCUT2D eigenvalue weighted by atomic mass is 10.1. The average molecular weight is 198 g/mol. The number of carbonyl (C=O) groups excluding carboxylic acids is 2. The molecule has 1 saturated carbocycles. The van der Waals surface area contributed by atoms with E-state index in [1.54, 1.807) is 0 Å². The Bertz CT molecular complexity index is 223. The predicted octanol–water partition coefficient (Wildman–Crippen LogP) is 1.60. The van der Waals surface area contributed by atoms with E-state index < -0.39 is 0 Å². The molecule has 0 spiro atoms. The quantitative estimate of drug-likeness (QED) is 0.461. The van der Waals surface area contributed by atoms with Gasteiger partial charge in [0.05, 0.1) is 13.0 Å². The first kappa shape index (κ1) is 11.4. The van der Waals surface area contributed by atoms with Gasteiger partial charge in [-0.15, -0.1) is 0 Å². The van der Waals surface area contributed by atoms with Gasteiger partial charge >= 0.3 is 0 Å².